The fourth-order valence-corrected chi connectivity index (χ4v) is 3.26. The summed E-state index contributed by atoms with van der Waals surface area (Å²) in [6.45, 7) is 1.15. The van der Waals surface area contributed by atoms with Crippen LogP contribution in [-0.4, -0.2) is 27.9 Å². The number of ether oxygens (including phenoxy) is 1. The predicted molar refractivity (Wildman–Crippen MR) is 75.6 cm³/mol. The zero-order chi connectivity index (χ0) is 15.7. The highest BCUT2D eigenvalue weighted by Gasteiger charge is 2.34. The second-order valence-electron chi connectivity index (χ2n) is 5.14. The van der Waals surface area contributed by atoms with Crippen molar-refractivity contribution < 1.29 is 17.9 Å². The van der Waals surface area contributed by atoms with Gasteiger partial charge in [0.25, 0.3) is 0 Å². The molecular weight excluding hydrogens is 317 g/mol. The van der Waals surface area contributed by atoms with Gasteiger partial charge in [-0.05, 0) is 12.5 Å². The van der Waals surface area contributed by atoms with E-state index in [2.05, 4.69) is 15.4 Å². The van der Waals surface area contributed by atoms with Crippen molar-refractivity contribution >= 4 is 16.5 Å². The smallest absolute Gasteiger partial charge is 0.372 e. The van der Waals surface area contributed by atoms with E-state index in [0.29, 0.717) is 13.2 Å². The van der Waals surface area contributed by atoms with Crippen LogP contribution >= 0.6 is 11.3 Å². The summed E-state index contributed by atoms with van der Waals surface area (Å²) in [4.78, 5) is 3.57. The maximum absolute atomic E-state index is 12.5. The standard InChI is InChI=1S/C13H15F3N4OS/c1-20-9(2-4-18-20)11-8(3-5-21-11)6-17-12-19-10(7-22-12)13(14,15)16/h2,4,7-8,11H,3,5-6H2,1H3,(H,17,19)/t8-,11+/m0/s1. The number of thiazole rings is 1. The first-order valence-electron chi connectivity index (χ1n) is 6.81. The van der Waals surface area contributed by atoms with Crippen LogP contribution in [0.5, 0.6) is 0 Å². The molecule has 0 spiro atoms. The largest absolute Gasteiger partial charge is 0.434 e. The Morgan fingerprint density at radius 3 is 2.95 bits per heavy atom. The van der Waals surface area contributed by atoms with Gasteiger partial charge in [0.2, 0.25) is 0 Å². The highest BCUT2D eigenvalue weighted by atomic mass is 32.1. The minimum absolute atomic E-state index is 0.0953. The third-order valence-electron chi connectivity index (χ3n) is 3.67. The number of rotatable bonds is 4. The van der Waals surface area contributed by atoms with Gasteiger partial charge in [0.1, 0.15) is 6.10 Å². The quantitative estimate of drug-likeness (QED) is 0.935. The minimum atomic E-state index is -4.40. The second kappa shape index (κ2) is 5.88. The van der Waals surface area contributed by atoms with Crippen molar-refractivity contribution in [1.29, 1.82) is 0 Å². The molecule has 0 saturated carbocycles. The van der Waals surface area contributed by atoms with Gasteiger partial charge in [0.05, 0.1) is 5.69 Å². The minimum Gasteiger partial charge on any atom is -0.372 e. The normalized spacial score (nSPS) is 22.2. The summed E-state index contributed by atoms with van der Waals surface area (Å²) < 4.78 is 45.1. The lowest BCUT2D eigenvalue weighted by atomic mass is 9.99. The van der Waals surface area contributed by atoms with E-state index in [1.165, 1.54) is 0 Å². The van der Waals surface area contributed by atoms with Gasteiger partial charge in [0.15, 0.2) is 10.8 Å². The van der Waals surface area contributed by atoms with Gasteiger partial charge in [-0.3, -0.25) is 4.68 Å². The lowest BCUT2D eigenvalue weighted by Gasteiger charge is -2.19. The van der Waals surface area contributed by atoms with Gasteiger partial charge in [-0.2, -0.15) is 18.3 Å². The highest BCUT2D eigenvalue weighted by Crippen LogP contribution is 2.35. The lowest BCUT2D eigenvalue weighted by molar-refractivity contribution is -0.140. The van der Waals surface area contributed by atoms with Crippen LogP contribution in [-0.2, 0) is 18.0 Å². The number of nitrogens with one attached hydrogen (secondary N) is 1. The Kier molecular flexibility index (Phi) is 4.09. The number of anilines is 1. The van der Waals surface area contributed by atoms with Crippen LogP contribution in [0.15, 0.2) is 17.6 Å². The van der Waals surface area contributed by atoms with E-state index in [0.717, 1.165) is 28.8 Å². The first kappa shape index (κ1) is 15.3. The molecular formula is C13H15F3N4OS. The Morgan fingerprint density at radius 1 is 1.50 bits per heavy atom. The molecule has 1 N–H and O–H groups in total. The van der Waals surface area contributed by atoms with Crippen molar-refractivity contribution in [2.24, 2.45) is 13.0 Å². The number of aromatic nitrogens is 3. The molecule has 9 heteroatoms. The molecule has 1 fully saturated rings. The van der Waals surface area contributed by atoms with Crippen molar-refractivity contribution in [3.05, 3.63) is 29.0 Å². The molecule has 0 aromatic carbocycles. The molecule has 0 bridgehead atoms. The molecule has 5 nitrogen and oxygen atoms in total. The molecule has 0 amide bonds. The molecule has 120 valence electrons. The number of hydrogen-bond acceptors (Lipinski definition) is 5. The maximum atomic E-state index is 12.5. The van der Waals surface area contributed by atoms with E-state index >= 15 is 0 Å². The van der Waals surface area contributed by atoms with Crippen LogP contribution < -0.4 is 5.32 Å². The number of alkyl halides is 3. The average Bonchev–Trinajstić information content (AvgIpc) is 3.14. The highest BCUT2D eigenvalue weighted by molar-refractivity contribution is 7.13. The number of aryl methyl sites for hydroxylation is 1. The average molecular weight is 332 g/mol. The molecule has 1 saturated heterocycles. The van der Waals surface area contributed by atoms with Gasteiger partial charge in [-0.15, -0.1) is 11.3 Å². The van der Waals surface area contributed by atoms with Gasteiger partial charge in [0, 0.05) is 37.7 Å². The van der Waals surface area contributed by atoms with Crippen LogP contribution in [0.25, 0.3) is 0 Å². The Labute approximate surface area is 129 Å². The van der Waals surface area contributed by atoms with Crippen molar-refractivity contribution in [2.45, 2.75) is 18.7 Å². The number of nitrogens with zero attached hydrogens (tertiary/aromatic N) is 3. The van der Waals surface area contributed by atoms with Gasteiger partial charge >= 0.3 is 6.18 Å². The van der Waals surface area contributed by atoms with Crippen LogP contribution in [0.2, 0.25) is 0 Å². The summed E-state index contributed by atoms with van der Waals surface area (Å²) in [7, 11) is 1.85. The first-order valence-corrected chi connectivity index (χ1v) is 7.69. The zero-order valence-corrected chi connectivity index (χ0v) is 12.6. The third kappa shape index (κ3) is 3.09. The molecule has 2 aromatic heterocycles. The molecule has 0 radical (unpaired) electrons. The summed E-state index contributed by atoms with van der Waals surface area (Å²) in [5, 5.41) is 8.41. The molecule has 0 unspecified atom stereocenters. The van der Waals surface area contributed by atoms with E-state index in [-0.39, 0.29) is 17.2 Å². The molecule has 0 aliphatic carbocycles. The lowest BCUT2D eigenvalue weighted by Crippen LogP contribution is -2.20. The van der Waals surface area contributed by atoms with Crippen molar-refractivity contribution in [1.82, 2.24) is 14.8 Å². The fourth-order valence-electron chi connectivity index (χ4n) is 2.54. The summed E-state index contributed by atoms with van der Waals surface area (Å²) >= 11 is 0.961. The van der Waals surface area contributed by atoms with E-state index < -0.39 is 11.9 Å². The molecule has 1 aliphatic rings. The molecule has 2 atom stereocenters. The summed E-state index contributed by atoms with van der Waals surface area (Å²) in [5.41, 5.74) is 0.116. The van der Waals surface area contributed by atoms with Crippen LogP contribution in [0.1, 0.15) is 23.9 Å². The molecule has 3 rings (SSSR count). The second-order valence-corrected chi connectivity index (χ2v) is 5.99. The van der Waals surface area contributed by atoms with E-state index in [9.17, 15) is 13.2 Å². The zero-order valence-electron chi connectivity index (χ0n) is 11.8. The van der Waals surface area contributed by atoms with Crippen molar-refractivity contribution in [3.8, 4) is 0 Å². The molecule has 3 heterocycles. The Morgan fingerprint density at radius 2 is 2.32 bits per heavy atom. The summed E-state index contributed by atoms with van der Waals surface area (Å²) in [5.74, 6) is 0.175. The summed E-state index contributed by atoms with van der Waals surface area (Å²) in [6.07, 6.45) is -1.94. The SMILES string of the molecule is Cn1nccc1[C@@H]1OCC[C@H]1CNc1nc(C(F)(F)F)cs1. The van der Waals surface area contributed by atoms with Gasteiger partial charge in [-0.25, -0.2) is 4.98 Å². The predicted octanol–water partition coefficient (Wildman–Crippen LogP) is 3.09. The fraction of sp³-hybridized carbons (Fsp3) is 0.538. The van der Waals surface area contributed by atoms with Crippen LogP contribution in [0, 0.1) is 5.92 Å². The number of hydrogen-bond donors (Lipinski definition) is 1. The molecule has 2 aromatic rings. The summed E-state index contributed by atoms with van der Waals surface area (Å²) in [6, 6.07) is 1.90. The first-order chi connectivity index (χ1) is 10.4. The Bertz CT molecular complexity index is 639. The molecule has 22 heavy (non-hydrogen) atoms. The van der Waals surface area contributed by atoms with Crippen molar-refractivity contribution in [2.75, 3.05) is 18.5 Å². The van der Waals surface area contributed by atoms with E-state index in [1.807, 2.05) is 13.1 Å². The van der Waals surface area contributed by atoms with E-state index in [1.54, 1.807) is 10.9 Å². The Balaban J connectivity index is 1.63. The van der Waals surface area contributed by atoms with Crippen LogP contribution in [0.4, 0.5) is 18.3 Å². The topological polar surface area (TPSA) is 52.0 Å². The van der Waals surface area contributed by atoms with E-state index in [4.69, 9.17) is 4.74 Å². The van der Waals surface area contributed by atoms with Gasteiger partial charge < -0.3 is 10.1 Å². The monoisotopic (exact) mass is 332 g/mol. The number of halogens is 3. The van der Waals surface area contributed by atoms with Crippen molar-refractivity contribution in [3.63, 3.8) is 0 Å². The van der Waals surface area contributed by atoms with Gasteiger partial charge in [-0.1, -0.05) is 0 Å². The third-order valence-corrected chi connectivity index (χ3v) is 4.47. The Hall–Kier alpha value is -1.61. The van der Waals surface area contributed by atoms with Crippen LogP contribution in [0.3, 0.4) is 0 Å². The molecule has 1 aliphatic heterocycles. The maximum Gasteiger partial charge on any atom is 0.434 e.